The second kappa shape index (κ2) is 7.77. The molecule has 1 aromatic carbocycles. The van der Waals surface area contributed by atoms with Crippen molar-refractivity contribution in [3.05, 3.63) is 46.6 Å². The number of anilines is 1. The first kappa shape index (κ1) is 19.9. The molecule has 1 fully saturated rings. The summed E-state index contributed by atoms with van der Waals surface area (Å²) in [4.78, 5) is 23.5. The van der Waals surface area contributed by atoms with Crippen LogP contribution >= 0.6 is 11.3 Å². The van der Waals surface area contributed by atoms with Gasteiger partial charge in [0, 0.05) is 38.4 Å². The van der Waals surface area contributed by atoms with Crippen LogP contribution in [0.2, 0.25) is 0 Å². The number of halogens is 3. The second-order valence-electron chi connectivity index (χ2n) is 7.15. The Morgan fingerprint density at radius 3 is 2.69 bits per heavy atom. The van der Waals surface area contributed by atoms with Crippen LogP contribution in [0, 0.1) is 0 Å². The summed E-state index contributed by atoms with van der Waals surface area (Å²) < 4.78 is 41.8. The van der Waals surface area contributed by atoms with Gasteiger partial charge in [-0.1, -0.05) is 6.07 Å². The van der Waals surface area contributed by atoms with Crippen molar-refractivity contribution in [1.29, 1.82) is 0 Å². The number of fused-ring (bicyclic) bond motifs is 1. The van der Waals surface area contributed by atoms with Crippen LogP contribution in [0.25, 0.3) is 10.3 Å². The summed E-state index contributed by atoms with van der Waals surface area (Å²) in [7, 11) is 2.00. The highest BCUT2D eigenvalue weighted by Crippen LogP contribution is 2.34. The Balaban J connectivity index is 1.53. The van der Waals surface area contributed by atoms with E-state index in [0.717, 1.165) is 36.9 Å². The molecule has 10 heteroatoms. The van der Waals surface area contributed by atoms with Crippen LogP contribution in [-0.4, -0.2) is 58.9 Å². The maximum Gasteiger partial charge on any atom is 0.416 e. The van der Waals surface area contributed by atoms with Crippen molar-refractivity contribution in [3.63, 3.8) is 0 Å². The lowest BCUT2D eigenvalue weighted by Gasteiger charge is -2.33. The zero-order chi connectivity index (χ0) is 20.6. The van der Waals surface area contributed by atoms with Gasteiger partial charge in [0.1, 0.15) is 11.3 Å². The Kier molecular flexibility index (Phi) is 5.32. The number of nitrogens with one attached hydrogen (secondary N) is 2. The minimum Gasteiger partial charge on any atom is -0.334 e. The van der Waals surface area contributed by atoms with Crippen LogP contribution in [0.3, 0.4) is 0 Å². The highest BCUT2D eigenvalue weighted by atomic mass is 32.1. The van der Waals surface area contributed by atoms with Crippen molar-refractivity contribution >= 4 is 33.3 Å². The number of alkyl halides is 3. The number of likely N-dealkylation sites (N-methyl/N-ethyl adjacent to an activating group) is 1. The minimum atomic E-state index is -4.50. The molecule has 1 amide bonds. The molecular weight excluding hydrogens is 403 g/mol. The van der Waals surface area contributed by atoms with Crippen molar-refractivity contribution in [3.8, 4) is 0 Å². The van der Waals surface area contributed by atoms with E-state index in [1.807, 2.05) is 11.9 Å². The fraction of sp³-hybridized carbons (Fsp3) is 0.368. The zero-order valence-electron chi connectivity index (χ0n) is 15.7. The van der Waals surface area contributed by atoms with E-state index in [0.29, 0.717) is 5.65 Å². The van der Waals surface area contributed by atoms with E-state index in [9.17, 15) is 18.0 Å². The first-order valence-corrected chi connectivity index (χ1v) is 10.0. The van der Waals surface area contributed by atoms with Crippen LogP contribution in [-0.2, 0) is 12.7 Å². The van der Waals surface area contributed by atoms with E-state index in [2.05, 4.69) is 20.2 Å². The van der Waals surface area contributed by atoms with Crippen molar-refractivity contribution in [2.45, 2.75) is 12.7 Å². The van der Waals surface area contributed by atoms with E-state index in [-0.39, 0.29) is 23.5 Å². The number of piperazine rings is 1. The first-order chi connectivity index (χ1) is 13.8. The largest absolute Gasteiger partial charge is 0.416 e. The summed E-state index contributed by atoms with van der Waals surface area (Å²) in [5, 5.41) is 2.54. The van der Waals surface area contributed by atoms with Crippen LogP contribution < -0.4 is 5.32 Å². The molecule has 0 saturated carbocycles. The van der Waals surface area contributed by atoms with Gasteiger partial charge in [0.15, 0.2) is 0 Å². The Labute approximate surface area is 169 Å². The van der Waals surface area contributed by atoms with Gasteiger partial charge in [-0.3, -0.25) is 9.69 Å². The van der Waals surface area contributed by atoms with Gasteiger partial charge < -0.3 is 15.2 Å². The molecule has 0 aliphatic carbocycles. The lowest BCUT2D eigenvalue weighted by molar-refractivity contribution is -0.138. The number of thiazole rings is 1. The van der Waals surface area contributed by atoms with Gasteiger partial charge in [-0.25, -0.2) is 4.98 Å². The number of hydrogen-bond donors (Lipinski definition) is 2. The van der Waals surface area contributed by atoms with Crippen molar-refractivity contribution in [2.75, 3.05) is 38.5 Å². The smallest absolute Gasteiger partial charge is 0.334 e. The van der Waals surface area contributed by atoms with Gasteiger partial charge in [-0.05, 0) is 30.8 Å². The van der Waals surface area contributed by atoms with Crippen molar-refractivity contribution in [1.82, 2.24) is 19.8 Å². The number of rotatable bonds is 4. The number of carbonyl (C=O) groups is 1. The Hall–Kier alpha value is -2.43. The van der Waals surface area contributed by atoms with E-state index >= 15 is 0 Å². The number of carbonyl (C=O) groups excluding carboxylic acids is 1. The normalized spacial score (nSPS) is 16.4. The van der Waals surface area contributed by atoms with E-state index in [1.165, 1.54) is 23.5 Å². The molecule has 0 radical (unpaired) electrons. The molecule has 1 aliphatic rings. The Morgan fingerprint density at radius 2 is 2.00 bits per heavy atom. The molecule has 0 unspecified atom stereocenters. The third kappa shape index (κ3) is 4.44. The molecule has 154 valence electrons. The molecule has 0 spiro atoms. The third-order valence-electron chi connectivity index (χ3n) is 5.03. The minimum absolute atomic E-state index is 0.107. The van der Waals surface area contributed by atoms with Gasteiger partial charge in [0.2, 0.25) is 0 Å². The lowest BCUT2D eigenvalue weighted by Crippen LogP contribution is -2.44. The van der Waals surface area contributed by atoms with Gasteiger partial charge >= 0.3 is 6.18 Å². The number of nitrogens with zero attached hydrogens (tertiary/aromatic N) is 3. The van der Waals surface area contributed by atoms with Crippen LogP contribution in [0.5, 0.6) is 0 Å². The number of H-pyrrole nitrogens is 1. The molecule has 2 aromatic heterocycles. The summed E-state index contributed by atoms with van der Waals surface area (Å²) >= 11 is 1.38. The highest BCUT2D eigenvalue weighted by Gasteiger charge is 2.34. The Bertz CT molecular complexity index is 992. The zero-order valence-corrected chi connectivity index (χ0v) is 16.5. The molecule has 1 saturated heterocycles. The summed E-state index contributed by atoms with van der Waals surface area (Å²) in [6.07, 6.45) is -4.50. The fourth-order valence-electron chi connectivity index (χ4n) is 3.37. The number of amides is 1. The average Bonchev–Trinajstić information content (AvgIpc) is 3.26. The lowest BCUT2D eigenvalue weighted by atomic mass is 10.0. The topological polar surface area (TPSA) is 64.3 Å². The number of aromatic amines is 1. The highest BCUT2D eigenvalue weighted by molar-refractivity contribution is 7.16. The van der Waals surface area contributed by atoms with Crippen molar-refractivity contribution in [2.24, 2.45) is 0 Å². The molecule has 6 nitrogen and oxygen atoms in total. The maximum atomic E-state index is 13.7. The molecule has 0 bridgehead atoms. The SMILES string of the molecule is CN1CCN(Cc2ccc(NC(=O)c3cc4scnc4[nH]3)cc2C(F)(F)F)CC1. The maximum absolute atomic E-state index is 13.7. The molecule has 0 atom stereocenters. The monoisotopic (exact) mass is 423 g/mol. The number of aromatic nitrogens is 2. The summed E-state index contributed by atoms with van der Waals surface area (Å²) in [5.41, 5.74) is 2.09. The molecule has 4 rings (SSSR count). The van der Waals surface area contributed by atoms with Crippen LogP contribution in [0.4, 0.5) is 18.9 Å². The van der Waals surface area contributed by atoms with Crippen LogP contribution in [0.1, 0.15) is 21.6 Å². The molecule has 3 heterocycles. The van der Waals surface area contributed by atoms with Gasteiger partial charge in [-0.2, -0.15) is 13.2 Å². The number of benzene rings is 1. The fourth-order valence-corrected chi connectivity index (χ4v) is 4.04. The quantitative estimate of drug-likeness (QED) is 0.673. The van der Waals surface area contributed by atoms with E-state index in [1.54, 1.807) is 11.6 Å². The first-order valence-electron chi connectivity index (χ1n) is 9.14. The Morgan fingerprint density at radius 1 is 1.24 bits per heavy atom. The van der Waals surface area contributed by atoms with Crippen molar-refractivity contribution < 1.29 is 18.0 Å². The predicted octanol–water partition coefficient (Wildman–Crippen LogP) is 3.64. The standard InChI is InChI=1S/C19H20F3N5OS/c1-26-4-6-27(7-5-26)10-12-2-3-13(8-14(12)19(20,21)22)24-18(28)15-9-16-17(25-15)23-11-29-16/h2-3,8-9,11,25H,4-7,10H2,1H3,(H,24,28). The molecule has 3 aromatic rings. The second-order valence-corrected chi connectivity index (χ2v) is 8.04. The molecule has 2 N–H and O–H groups in total. The summed E-state index contributed by atoms with van der Waals surface area (Å²) in [6.45, 7) is 3.35. The van der Waals surface area contributed by atoms with E-state index < -0.39 is 17.6 Å². The molecule has 1 aliphatic heterocycles. The van der Waals surface area contributed by atoms with Gasteiger partial charge in [0.25, 0.3) is 5.91 Å². The molecular formula is C19H20F3N5OS. The summed E-state index contributed by atoms with van der Waals surface area (Å²) in [5.74, 6) is -0.504. The predicted molar refractivity (Wildman–Crippen MR) is 106 cm³/mol. The molecule has 29 heavy (non-hydrogen) atoms. The third-order valence-corrected chi connectivity index (χ3v) is 5.81. The number of hydrogen-bond acceptors (Lipinski definition) is 5. The van der Waals surface area contributed by atoms with Gasteiger partial charge in [-0.15, -0.1) is 11.3 Å². The average molecular weight is 423 g/mol. The van der Waals surface area contributed by atoms with E-state index in [4.69, 9.17) is 0 Å². The van der Waals surface area contributed by atoms with Crippen LogP contribution in [0.15, 0.2) is 29.8 Å². The van der Waals surface area contributed by atoms with Gasteiger partial charge in [0.05, 0.1) is 15.8 Å². The summed E-state index contributed by atoms with van der Waals surface area (Å²) in [6, 6.07) is 5.61.